The van der Waals surface area contributed by atoms with Gasteiger partial charge in [-0.3, -0.25) is 5.01 Å². The zero-order chi connectivity index (χ0) is 19.0. The second kappa shape index (κ2) is 5.47. The number of carboxylic acids is 1. The summed E-state index contributed by atoms with van der Waals surface area (Å²) in [5, 5.41) is 21.3. The first kappa shape index (κ1) is 17.5. The van der Waals surface area contributed by atoms with Crippen LogP contribution >= 0.6 is 11.6 Å². The molecule has 2 radical (unpaired) electrons. The molecule has 1 aromatic rings. The van der Waals surface area contributed by atoms with Crippen molar-refractivity contribution in [3.63, 3.8) is 0 Å². The topological polar surface area (TPSA) is 94.9 Å². The van der Waals surface area contributed by atoms with Gasteiger partial charge in [0.15, 0.2) is 0 Å². The summed E-state index contributed by atoms with van der Waals surface area (Å²) in [4.78, 5) is 15.1. The average Bonchev–Trinajstić information content (AvgIpc) is 3.57. The Balaban J connectivity index is 1.19. The van der Waals surface area contributed by atoms with E-state index in [1.54, 1.807) is 23.4 Å². The van der Waals surface area contributed by atoms with Gasteiger partial charge in [0.25, 0.3) is 0 Å². The minimum Gasteiger partial charge on any atom is -0.478 e. The number of ether oxygens (including phenoxy) is 1. The van der Waals surface area contributed by atoms with E-state index in [4.69, 9.17) is 29.3 Å². The molecule has 3 fully saturated rings. The predicted octanol–water partition coefficient (Wildman–Crippen LogP) is 1.66. The van der Waals surface area contributed by atoms with E-state index >= 15 is 0 Å². The second-order valence-electron chi connectivity index (χ2n) is 8.12. The molecule has 2 spiro atoms. The van der Waals surface area contributed by atoms with Gasteiger partial charge in [0.1, 0.15) is 25.0 Å². The molecular formula is C18H19BClN3O4. The fourth-order valence-electron chi connectivity index (χ4n) is 5.19. The average molecular weight is 388 g/mol. The Morgan fingerprint density at radius 1 is 1.41 bits per heavy atom. The predicted molar refractivity (Wildman–Crippen MR) is 98.2 cm³/mol. The van der Waals surface area contributed by atoms with E-state index in [9.17, 15) is 9.90 Å². The third kappa shape index (κ3) is 2.54. The van der Waals surface area contributed by atoms with Crippen LogP contribution in [0.5, 0.6) is 0 Å². The molecular weight excluding hydrogens is 368 g/mol. The van der Waals surface area contributed by atoms with Crippen LogP contribution in [0.25, 0.3) is 0 Å². The molecule has 0 aromatic carbocycles. The van der Waals surface area contributed by atoms with Gasteiger partial charge in [0, 0.05) is 6.20 Å². The third-order valence-corrected chi connectivity index (χ3v) is 6.86. The van der Waals surface area contributed by atoms with E-state index < -0.39 is 17.7 Å². The number of hydrogen-bond acceptors (Lipinski definition) is 6. The van der Waals surface area contributed by atoms with E-state index in [1.165, 1.54) is 31.7 Å². The molecule has 3 N–H and O–H groups in total. The molecule has 140 valence electrons. The fourth-order valence-corrected chi connectivity index (χ4v) is 5.42. The molecule has 3 aliphatic carbocycles. The van der Waals surface area contributed by atoms with E-state index in [1.807, 2.05) is 0 Å². The molecule has 1 aromatic heterocycles. The highest BCUT2D eigenvalue weighted by Gasteiger charge is 2.89. The van der Waals surface area contributed by atoms with E-state index in [0.717, 1.165) is 0 Å². The van der Waals surface area contributed by atoms with Crippen LogP contribution in [-0.4, -0.2) is 47.3 Å². The maximum Gasteiger partial charge on any atom is 0.338 e. The molecule has 7 nitrogen and oxygen atoms in total. The van der Waals surface area contributed by atoms with Crippen LogP contribution in [0.2, 0.25) is 5.15 Å². The van der Waals surface area contributed by atoms with Gasteiger partial charge < -0.3 is 14.9 Å². The number of pyridine rings is 1. The van der Waals surface area contributed by atoms with Gasteiger partial charge >= 0.3 is 5.97 Å². The first-order valence-corrected chi connectivity index (χ1v) is 9.43. The molecule has 0 amide bonds. The molecule has 2 atom stereocenters. The molecule has 27 heavy (non-hydrogen) atoms. The lowest BCUT2D eigenvalue weighted by atomic mass is 9.76. The van der Waals surface area contributed by atoms with Gasteiger partial charge in [-0.25, -0.2) is 9.78 Å². The minimum absolute atomic E-state index is 0.0448. The van der Waals surface area contributed by atoms with Crippen LogP contribution in [0.4, 0.5) is 5.82 Å². The summed E-state index contributed by atoms with van der Waals surface area (Å²) >= 11 is 5.92. The number of aromatic nitrogens is 1. The normalized spacial score (nSPS) is 28.5. The van der Waals surface area contributed by atoms with Crippen molar-refractivity contribution in [2.24, 2.45) is 16.7 Å². The van der Waals surface area contributed by atoms with Crippen molar-refractivity contribution in [1.82, 2.24) is 10.4 Å². The molecule has 0 bridgehead atoms. The second-order valence-corrected chi connectivity index (χ2v) is 8.48. The highest BCUT2D eigenvalue weighted by atomic mass is 35.5. The molecule has 2 unspecified atom stereocenters. The SMILES string of the molecule is [B]C(O)(COC1C=CN(c2ccc(C(=O)O)c(Cl)n2)N1)C1C2(CC2)C12CC2. The summed E-state index contributed by atoms with van der Waals surface area (Å²) in [7, 11) is 6.22. The van der Waals surface area contributed by atoms with Gasteiger partial charge in [0.05, 0.1) is 17.7 Å². The summed E-state index contributed by atoms with van der Waals surface area (Å²) < 4.78 is 5.79. The Bertz CT molecular complexity index is 835. The van der Waals surface area contributed by atoms with Gasteiger partial charge in [-0.2, -0.15) is 5.43 Å². The first-order valence-electron chi connectivity index (χ1n) is 9.06. The van der Waals surface area contributed by atoms with Crippen LogP contribution < -0.4 is 10.4 Å². The smallest absolute Gasteiger partial charge is 0.338 e. The summed E-state index contributed by atoms with van der Waals surface area (Å²) in [6.07, 6.45) is 7.70. The molecule has 5 rings (SSSR count). The van der Waals surface area contributed by atoms with Crippen LogP contribution in [0.3, 0.4) is 0 Å². The van der Waals surface area contributed by atoms with Gasteiger partial charge in [-0.05, 0) is 60.6 Å². The van der Waals surface area contributed by atoms with Crippen molar-refractivity contribution in [1.29, 1.82) is 0 Å². The number of fused-ring (bicyclic) bond motifs is 1. The first-order chi connectivity index (χ1) is 12.8. The molecule has 1 aliphatic heterocycles. The number of hydrazine groups is 1. The number of carboxylic acid groups (broad SMARTS) is 1. The fraction of sp³-hybridized carbons (Fsp3) is 0.556. The summed E-state index contributed by atoms with van der Waals surface area (Å²) in [5.41, 5.74) is 2.25. The Kier molecular flexibility index (Phi) is 3.54. The lowest BCUT2D eigenvalue weighted by Gasteiger charge is -2.27. The Hall–Kier alpha value is -1.61. The number of carbonyl (C=O) groups is 1. The Labute approximate surface area is 162 Å². The zero-order valence-corrected chi connectivity index (χ0v) is 15.3. The molecule has 9 heteroatoms. The standard InChI is InChI=1S/C18H19BClN3O4/c19-18(26,15-16(4-5-16)17(15)6-7-17)9-27-12-3-8-23(22-12)11-2-1-10(14(24)25)13(20)21-11/h1-3,8,12,15,22,26H,4-7,9H2,(H,24,25). The highest BCUT2D eigenvalue weighted by molar-refractivity contribution is 6.32. The van der Waals surface area contributed by atoms with Crippen LogP contribution in [0, 0.1) is 16.7 Å². The highest BCUT2D eigenvalue weighted by Crippen LogP contribution is 2.94. The number of rotatable bonds is 6. The van der Waals surface area contributed by atoms with Crippen LogP contribution in [-0.2, 0) is 4.74 Å². The van der Waals surface area contributed by atoms with Crippen molar-refractivity contribution < 1.29 is 19.7 Å². The monoisotopic (exact) mass is 387 g/mol. The van der Waals surface area contributed by atoms with Crippen molar-refractivity contribution >= 4 is 31.2 Å². The third-order valence-electron chi connectivity index (χ3n) is 6.57. The number of aromatic carboxylic acids is 1. The maximum atomic E-state index is 11.0. The summed E-state index contributed by atoms with van der Waals surface area (Å²) in [6, 6.07) is 2.94. The minimum atomic E-state index is -1.32. The van der Waals surface area contributed by atoms with Gasteiger partial charge in [-0.15, -0.1) is 0 Å². The Morgan fingerprint density at radius 3 is 2.63 bits per heavy atom. The number of halogens is 1. The number of nitrogens with one attached hydrogen (secondary N) is 1. The number of aliphatic hydroxyl groups is 1. The lowest BCUT2D eigenvalue weighted by molar-refractivity contribution is -0.0370. The Morgan fingerprint density at radius 2 is 2.07 bits per heavy atom. The number of nitrogens with zero attached hydrogens (tertiary/aromatic N) is 2. The van der Waals surface area contributed by atoms with Crippen molar-refractivity contribution in [3.8, 4) is 0 Å². The van der Waals surface area contributed by atoms with Crippen molar-refractivity contribution in [2.75, 3.05) is 11.6 Å². The van der Waals surface area contributed by atoms with Gasteiger partial charge in [0.2, 0.25) is 0 Å². The van der Waals surface area contributed by atoms with Crippen LogP contribution in [0.1, 0.15) is 36.0 Å². The van der Waals surface area contributed by atoms with Gasteiger partial charge in [-0.1, -0.05) is 11.6 Å². The quantitative estimate of drug-likeness (QED) is 0.505. The maximum absolute atomic E-state index is 11.0. The van der Waals surface area contributed by atoms with E-state index in [-0.39, 0.29) is 34.1 Å². The molecule has 0 saturated heterocycles. The summed E-state index contributed by atoms with van der Waals surface area (Å²) in [6.45, 7) is 0.0448. The van der Waals surface area contributed by atoms with E-state index in [0.29, 0.717) is 5.82 Å². The van der Waals surface area contributed by atoms with Crippen molar-refractivity contribution in [3.05, 3.63) is 35.1 Å². The van der Waals surface area contributed by atoms with E-state index in [2.05, 4.69) is 10.4 Å². The molecule has 4 aliphatic rings. The van der Waals surface area contributed by atoms with Crippen molar-refractivity contribution in [2.45, 2.75) is 37.4 Å². The number of anilines is 1. The largest absolute Gasteiger partial charge is 0.478 e. The summed E-state index contributed by atoms with van der Waals surface area (Å²) in [5.74, 6) is -0.552. The molecule has 2 heterocycles. The lowest BCUT2D eigenvalue weighted by Crippen LogP contribution is -2.44. The molecule has 3 saturated carbocycles. The van der Waals surface area contributed by atoms with Crippen LogP contribution in [0.15, 0.2) is 24.4 Å². The zero-order valence-electron chi connectivity index (χ0n) is 14.6. The number of hydrogen-bond donors (Lipinski definition) is 3.